The number of ether oxygens (including phenoxy) is 3. The Balaban J connectivity index is 1.46. The van der Waals surface area contributed by atoms with Crippen LogP contribution in [0.5, 0.6) is 0 Å². The molecule has 1 amide bonds. The number of piperidine rings is 1. The number of amides is 1. The number of hydrogen-bond acceptors (Lipinski definition) is 5. The van der Waals surface area contributed by atoms with E-state index >= 15 is 0 Å². The SMILES string of the molecule is CC(C)OCCOC1CCOC2(CCN(C(=O)c3ccoc3)CC2)C1. The van der Waals surface area contributed by atoms with E-state index in [1.54, 1.807) is 6.07 Å². The fourth-order valence-electron chi connectivity index (χ4n) is 3.66. The minimum Gasteiger partial charge on any atom is -0.472 e. The molecular weight excluding hydrogens is 322 g/mol. The van der Waals surface area contributed by atoms with Crippen LogP contribution in [0.3, 0.4) is 0 Å². The van der Waals surface area contributed by atoms with Gasteiger partial charge in [0.1, 0.15) is 6.26 Å². The van der Waals surface area contributed by atoms with E-state index in [2.05, 4.69) is 0 Å². The number of carbonyl (C=O) groups excluding carboxylic acids is 1. The third kappa shape index (κ3) is 4.84. The summed E-state index contributed by atoms with van der Waals surface area (Å²) in [5.74, 6) is 0.0399. The van der Waals surface area contributed by atoms with Crippen molar-refractivity contribution >= 4 is 5.91 Å². The zero-order valence-corrected chi connectivity index (χ0v) is 15.2. The highest BCUT2D eigenvalue weighted by molar-refractivity contribution is 5.93. The van der Waals surface area contributed by atoms with Gasteiger partial charge >= 0.3 is 0 Å². The molecule has 1 unspecified atom stereocenters. The highest BCUT2D eigenvalue weighted by Gasteiger charge is 2.41. The number of furan rings is 1. The molecule has 3 heterocycles. The lowest BCUT2D eigenvalue weighted by Gasteiger charge is -2.46. The van der Waals surface area contributed by atoms with Gasteiger partial charge in [0.2, 0.25) is 0 Å². The summed E-state index contributed by atoms with van der Waals surface area (Å²) >= 11 is 0. The van der Waals surface area contributed by atoms with Gasteiger partial charge in [-0.3, -0.25) is 4.79 Å². The zero-order valence-electron chi connectivity index (χ0n) is 15.2. The maximum absolute atomic E-state index is 12.4. The molecule has 1 spiro atoms. The Morgan fingerprint density at radius 2 is 2.16 bits per heavy atom. The van der Waals surface area contributed by atoms with E-state index in [0.717, 1.165) is 32.3 Å². The summed E-state index contributed by atoms with van der Waals surface area (Å²) in [4.78, 5) is 14.3. The highest BCUT2D eigenvalue weighted by atomic mass is 16.5. The van der Waals surface area contributed by atoms with Gasteiger partial charge in [-0.25, -0.2) is 0 Å². The molecule has 3 rings (SSSR count). The average Bonchev–Trinajstić information content (AvgIpc) is 3.13. The molecule has 140 valence electrons. The maximum atomic E-state index is 12.4. The van der Waals surface area contributed by atoms with Crippen LogP contribution < -0.4 is 0 Å². The van der Waals surface area contributed by atoms with Gasteiger partial charge in [0, 0.05) is 26.1 Å². The summed E-state index contributed by atoms with van der Waals surface area (Å²) < 4.78 is 22.7. The Morgan fingerprint density at radius 3 is 2.84 bits per heavy atom. The predicted octanol–water partition coefficient (Wildman–Crippen LogP) is 2.88. The average molecular weight is 351 g/mol. The third-order valence-corrected chi connectivity index (χ3v) is 5.07. The van der Waals surface area contributed by atoms with Crippen LogP contribution in [-0.4, -0.2) is 61.5 Å². The third-order valence-electron chi connectivity index (χ3n) is 5.07. The van der Waals surface area contributed by atoms with Gasteiger partial charge in [-0.05, 0) is 39.2 Å². The van der Waals surface area contributed by atoms with Crippen molar-refractivity contribution < 1.29 is 23.4 Å². The summed E-state index contributed by atoms with van der Waals surface area (Å²) in [6.07, 6.45) is 7.06. The Labute approximate surface area is 149 Å². The molecule has 2 saturated heterocycles. The molecule has 0 bridgehead atoms. The molecule has 6 nitrogen and oxygen atoms in total. The molecule has 1 atom stereocenters. The number of hydrogen-bond donors (Lipinski definition) is 0. The topological polar surface area (TPSA) is 61.1 Å². The van der Waals surface area contributed by atoms with Crippen molar-refractivity contribution in [3.05, 3.63) is 24.2 Å². The van der Waals surface area contributed by atoms with Gasteiger partial charge in [-0.1, -0.05) is 0 Å². The van der Waals surface area contributed by atoms with Crippen LogP contribution in [0.25, 0.3) is 0 Å². The highest BCUT2D eigenvalue weighted by Crippen LogP contribution is 2.36. The summed E-state index contributed by atoms with van der Waals surface area (Å²) in [5.41, 5.74) is 0.474. The smallest absolute Gasteiger partial charge is 0.257 e. The van der Waals surface area contributed by atoms with E-state index in [-0.39, 0.29) is 23.7 Å². The standard InChI is InChI=1S/C19H29NO5/c1-15(2)23-11-12-24-17-4-10-25-19(13-17)5-7-20(8-6-19)18(21)16-3-9-22-14-16/h3,9,14-15,17H,4-8,10-13H2,1-2H3. The minimum absolute atomic E-state index is 0.0399. The molecule has 0 N–H and O–H groups in total. The lowest BCUT2D eigenvalue weighted by molar-refractivity contribution is -0.156. The summed E-state index contributed by atoms with van der Waals surface area (Å²) in [5, 5.41) is 0. The Hall–Kier alpha value is -1.37. The van der Waals surface area contributed by atoms with Gasteiger partial charge in [0.05, 0.1) is 42.8 Å². The molecule has 0 saturated carbocycles. The van der Waals surface area contributed by atoms with Gasteiger partial charge in [0.25, 0.3) is 5.91 Å². The Kier molecular flexibility index (Phi) is 6.15. The first-order chi connectivity index (χ1) is 12.1. The number of likely N-dealkylation sites (tertiary alicyclic amines) is 1. The monoisotopic (exact) mass is 351 g/mol. The van der Waals surface area contributed by atoms with E-state index in [0.29, 0.717) is 31.9 Å². The van der Waals surface area contributed by atoms with Crippen molar-refractivity contribution in [2.45, 2.75) is 57.3 Å². The minimum atomic E-state index is -0.144. The largest absolute Gasteiger partial charge is 0.472 e. The number of carbonyl (C=O) groups is 1. The van der Waals surface area contributed by atoms with E-state index in [1.165, 1.54) is 12.5 Å². The van der Waals surface area contributed by atoms with Crippen molar-refractivity contribution in [1.82, 2.24) is 4.90 Å². The van der Waals surface area contributed by atoms with Crippen molar-refractivity contribution in [3.63, 3.8) is 0 Å². The molecule has 1 aromatic heterocycles. The molecule has 0 radical (unpaired) electrons. The van der Waals surface area contributed by atoms with Crippen LogP contribution in [0.15, 0.2) is 23.0 Å². The molecule has 0 aromatic carbocycles. The summed E-state index contributed by atoms with van der Waals surface area (Å²) in [6, 6.07) is 1.72. The fraction of sp³-hybridized carbons (Fsp3) is 0.737. The van der Waals surface area contributed by atoms with Gasteiger partial charge in [-0.2, -0.15) is 0 Å². The number of rotatable bonds is 6. The second-order valence-electron chi connectivity index (χ2n) is 7.24. The van der Waals surface area contributed by atoms with Crippen LogP contribution in [0.2, 0.25) is 0 Å². The van der Waals surface area contributed by atoms with Gasteiger partial charge in [0.15, 0.2) is 0 Å². The second-order valence-corrected chi connectivity index (χ2v) is 7.24. The first kappa shape index (κ1) is 18.4. The lowest BCUT2D eigenvalue weighted by atomic mass is 9.83. The van der Waals surface area contributed by atoms with E-state index in [4.69, 9.17) is 18.6 Å². The van der Waals surface area contributed by atoms with Crippen LogP contribution in [0.1, 0.15) is 49.9 Å². The molecule has 1 aromatic rings. The lowest BCUT2D eigenvalue weighted by Crippen LogP contribution is -2.52. The second kappa shape index (κ2) is 8.34. The maximum Gasteiger partial charge on any atom is 0.257 e. The molecular formula is C19H29NO5. The first-order valence-corrected chi connectivity index (χ1v) is 9.27. The summed E-state index contributed by atoms with van der Waals surface area (Å²) in [7, 11) is 0. The molecule has 2 fully saturated rings. The van der Waals surface area contributed by atoms with Gasteiger partial charge < -0.3 is 23.5 Å². The normalized spacial score (nSPS) is 23.3. The molecule has 2 aliphatic rings. The van der Waals surface area contributed by atoms with Crippen molar-refractivity contribution in [2.75, 3.05) is 32.9 Å². The molecule has 2 aliphatic heterocycles. The first-order valence-electron chi connectivity index (χ1n) is 9.27. The van der Waals surface area contributed by atoms with E-state index in [1.807, 2.05) is 18.7 Å². The zero-order chi connectivity index (χ0) is 17.7. The van der Waals surface area contributed by atoms with E-state index < -0.39 is 0 Å². The van der Waals surface area contributed by atoms with E-state index in [9.17, 15) is 4.79 Å². The van der Waals surface area contributed by atoms with Crippen LogP contribution >= 0.6 is 0 Å². The van der Waals surface area contributed by atoms with Crippen LogP contribution in [0, 0.1) is 0 Å². The van der Waals surface area contributed by atoms with Crippen molar-refractivity contribution in [3.8, 4) is 0 Å². The quantitative estimate of drug-likeness (QED) is 0.738. The Morgan fingerprint density at radius 1 is 1.36 bits per heavy atom. The Bertz CT molecular complexity index is 534. The van der Waals surface area contributed by atoms with Gasteiger partial charge in [-0.15, -0.1) is 0 Å². The molecule has 25 heavy (non-hydrogen) atoms. The predicted molar refractivity (Wildman–Crippen MR) is 92.6 cm³/mol. The fourth-order valence-corrected chi connectivity index (χ4v) is 3.66. The van der Waals surface area contributed by atoms with Crippen LogP contribution in [0.4, 0.5) is 0 Å². The van der Waals surface area contributed by atoms with Crippen molar-refractivity contribution in [2.24, 2.45) is 0 Å². The molecule has 6 heteroatoms. The summed E-state index contributed by atoms with van der Waals surface area (Å²) in [6.45, 7) is 7.48. The van der Waals surface area contributed by atoms with Crippen LogP contribution in [-0.2, 0) is 14.2 Å². The van der Waals surface area contributed by atoms with Crippen molar-refractivity contribution in [1.29, 1.82) is 0 Å². The number of nitrogens with zero attached hydrogens (tertiary/aromatic N) is 1. The molecule has 0 aliphatic carbocycles.